The predicted octanol–water partition coefficient (Wildman–Crippen LogP) is 2.13. The fraction of sp³-hybridized carbons (Fsp3) is 0.533. The van der Waals surface area contributed by atoms with Crippen LogP contribution in [0, 0.1) is 0 Å². The number of carbonyl (C=O) groups is 1. The number of nitrogens with two attached hydrogens (primary N) is 1. The lowest BCUT2D eigenvalue weighted by atomic mass is 9.82. The summed E-state index contributed by atoms with van der Waals surface area (Å²) in [6.45, 7) is 7.88. The van der Waals surface area contributed by atoms with Gasteiger partial charge in [-0.15, -0.1) is 0 Å². The maximum Gasteiger partial charge on any atom is 0.407 e. The summed E-state index contributed by atoms with van der Waals surface area (Å²) in [6, 6.07) is 6.99. The van der Waals surface area contributed by atoms with E-state index >= 15 is 0 Å². The number of hydrogen-bond acceptors (Lipinski definition) is 4. The minimum atomic E-state index is -0.553. The van der Waals surface area contributed by atoms with E-state index < -0.39 is 17.1 Å². The average molecular weight is 280 g/mol. The number of nitrogens with one attached hydrogen (secondary N) is 1. The summed E-state index contributed by atoms with van der Waals surface area (Å²) in [6.07, 6.45) is -0.493. The Balaban J connectivity index is 2.77. The standard InChI is InChI=1S/C15H24N2O3/c1-14(2,3)20-13(19)17-10-15(4,9-16)11-7-5-6-8-12(11)18/h5-8,18H,9-10,16H2,1-4H3,(H,17,19). The molecule has 0 aliphatic heterocycles. The van der Waals surface area contributed by atoms with Crippen LogP contribution >= 0.6 is 0 Å². The van der Waals surface area contributed by atoms with Gasteiger partial charge in [-0.05, 0) is 26.8 Å². The minimum absolute atomic E-state index is 0.173. The van der Waals surface area contributed by atoms with Gasteiger partial charge in [0.2, 0.25) is 0 Å². The van der Waals surface area contributed by atoms with E-state index in [-0.39, 0.29) is 12.3 Å². The van der Waals surface area contributed by atoms with E-state index in [4.69, 9.17) is 10.5 Å². The number of phenols is 1. The summed E-state index contributed by atoms with van der Waals surface area (Å²) in [5.41, 5.74) is 5.43. The highest BCUT2D eigenvalue weighted by molar-refractivity contribution is 5.68. The lowest BCUT2D eigenvalue weighted by Crippen LogP contribution is -2.45. The van der Waals surface area contributed by atoms with Crippen molar-refractivity contribution in [2.75, 3.05) is 13.1 Å². The van der Waals surface area contributed by atoms with Crippen molar-refractivity contribution in [2.24, 2.45) is 5.73 Å². The number of carbonyl (C=O) groups excluding carboxylic acids is 1. The maximum atomic E-state index is 11.7. The molecule has 5 nitrogen and oxygen atoms in total. The number of hydrogen-bond donors (Lipinski definition) is 3. The highest BCUT2D eigenvalue weighted by atomic mass is 16.6. The fourth-order valence-electron chi connectivity index (χ4n) is 1.84. The molecule has 1 aromatic rings. The van der Waals surface area contributed by atoms with Crippen LogP contribution < -0.4 is 11.1 Å². The maximum absolute atomic E-state index is 11.7. The molecule has 112 valence electrons. The number of phenolic OH excluding ortho intramolecular Hbond substituents is 1. The summed E-state index contributed by atoms with van der Waals surface area (Å²) < 4.78 is 5.19. The number of ether oxygens (including phenoxy) is 1. The largest absolute Gasteiger partial charge is 0.508 e. The number of alkyl carbamates (subject to hydrolysis) is 1. The monoisotopic (exact) mass is 280 g/mol. The molecule has 1 unspecified atom stereocenters. The van der Waals surface area contributed by atoms with E-state index in [1.54, 1.807) is 39.0 Å². The zero-order chi connectivity index (χ0) is 15.4. The molecule has 1 rings (SSSR count). The summed E-state index contributed by atoms with van der Waals surface area (Å²) in [4.78, 5) is 11.7. The molecule has 1 atom stereocenters. The van der Waals surface area contributed by atoms with Crippen LogP contribution in [0.15, 0.2) is 24.3 Å². The molecule has 1 aromatic carbocycles. The smallest absolute Gasteiger partial charge is 0.407 e. The van der Waals surface area contributed by atoms with Gasteiger partial charge in [0.25, 0.3) is 0 Å². The van der Waals surface area contributed by atoms with Gasteiger partial charge < -0.3 is 20.9 Å². The first-order valence-corrected chi connectivity index (χ1v) is 6.63. The van der Waals surface area contributed by atoms with Crippen molar-refractivity contribution >= 4 is 6.09 Å². The predicted molar refractivity (Wildman–Crippen MR) is 78.7 cm³/mol. The lowest BCUT2D eigenvalue weighted by Gasteiger charge is -2.30. The van der Waals surface area contributed by atoms with Crippen molar-refractivity contribution in [3.63, 3.8) is 0 Å². The highest BCUT2D eigenvalue weighted by Gasteiger charge is 2.29. The molecule has 0 aliphatic rings. The van der Waals surface area contributed by atoms with Crippen LogP contribution in [-0.2, 0) is 10.2 Å². The van der Waals surface area contributed by atoms with Crippen molar-refractivity contribution in [2.45, 2.75) is 38.7 Å². The fourth-order valence-corrected chi connectivity index (χ4v) is 1.84. The zero-order valence-corrected chi connectivity index (χ0v) is 12.6. The van der Waals surface area contributed by atoms with Crippen LogP contribution in [0.1, 0.15) is 33.3 Å². The second kappa shape index (κ2) is 6.13. The van der Waals surface area contributed by atoms with Crippen molar-refractivity contribution in [3.8, 4) is 5.75 Å². The molecule has 4 N–H and O–H groups in total. The molecule has 0 heterocycles. The molecule has 0 bridgehead atoms. The Kier molecular flexibility index (Phi) is 5.00. The number of para-hydroxylation sites is 1. The Morgan fingerprint density at radius 2 is 1.90 bits per heavy atom. The Hall–Kier alpha value is -1.75. The second-order valence-electron chi connectivity index (χ2n) is 6.14. The van der Waals surface area contributed by atoms with Gasteiger partial charge in [0.05, 0.1) is 0 Å². The van der Waals surface area contributed by atoms with E-state index in [2.05, 4.69) is 5.32 Å². The number of rotatable bonds is 4. The molecule has 0 aliphatic carbocycles. The Labute approximate surface area is 120 Å². The summed E-state index contributed by atoms with van der Waals surface area (Å²) >= 11 is 0. The molecular weight excluding hydrogens is 256 g/mol. The van der Waals surface area contributed by atoms with Gasteiger partial charge in [-0.1, -0.05) is 25.1 Å². The average Bonchev–Trinajstić information content (AvgIpc) is 2.34. The van der Waals surface area contributed by atoms with E-state index in [0.29, 0.717) is 12.1 Å². The van der Waals surface area contributed by atoms with E-state index in [0.717, 1.165) is 0 Å². The van der Waals surface area contributed by atoms with Crippen LogP contribution in [0.25, 0.3) is 0 Å². The second-order valence-corrected chi connectivity index (χ2v) is 6.14. The first-order chi connectivity index (χ1) is 9.18. The Morgan fingerprint density at radius 3 is 2.40 bits per heavy atom. The van der Waals surface area contributed by atoms with Gasteiger partial charge in [-0.3, -0.25) is 0 Å². The first kappa shape index (κ1) is 16.3. The summed E-state index contributed by atoms with van der Waals surface area (Å²) in [5, 5.41) is 12.6. The molecule has 20 heavy (non-hydrogen) atoms. The van der Waals surface area contributed by atoms with Gasteiger partial charge in [0.15, 0.2) is 0 Å². The van der Waals surface area contributed by atoms with Gasteiger partial charge in [0, 0.05) is 24.1 Å². The molecule has 0 radical (unpaired) electrons. The van der Waals surface area contributed by atoms with Gasteiger partial charge in [-0.25, -0.2) is 4.79 Å². The first-order valence-electron chi connectivity index (χ1n) is 6.63. The molecule has 0 saturated heterocycles. The minimum Gasteiger partial charge on any atom is -0.508 e. The molecule has 0 saturated carbocycles. The third kappa shape index (κ3) is 4.42. The summed E-state index contributed by atoms with van der Waals surface area (Å²) in [5.74, 6) is 0.173. The lowest BCUT2D eigenvalue weighted by molar-refractivity contribution is 0.0516. The van der Waals surface area contributed by atoms with Gasteiger partial charge >= 0.3 is 6.09 Å². The van der Waals surface area contributed by atoms with E-state index in [1.165, 1.54) is 0 Å². The Morgan fingerprint density at radius 1 is 1.30 bits per heavy atom. The number of amides is 1. The van der Waals surface area contributed by atoms with E-state index in [1.807, 2.05) is 13.0 Å². The molecule has 0 fully saturated rings. The molecule has 0 spiro atoms. The number of aromatic hydroxyl groups is 1. The molecule has 0 aromatic heterocycles. The van der Waals surface area contributed by atoms with Crippen molar-refractivity contribution in [3.05, 3.63) is 29.8 Å². The Bertz CT molecular complexity index is 468. The SMILES string of the molecule is CC(C)(C)OC(=O)NCC(C)(CN)c1ccccc1O. The van der Waals surface area contributed by atoms with Crippen molar-refractivity contribution < 1.29 is 14.6 Å². The van der Waals surface area contributed by atoms with Crippen molar-refractivity contribution in [1.82, 2.24) is 5.32 Å². The van der Waals surface area contributed by atoms with Crippen LogP contribution in [0.4, 0.5) is 4.79 Å². The van der Waals surface area contributed by atoms with Gasteiger partial charge in [-0.2, -0.15) is 0 Å². The zero-order valence-electron chi connectivity index (χ0n) is 12.6. The van der Waals surface area contributed by atoms with Crippen molar-refractivity contribution in [1.29, 1.82) is 0 Å². The molecule has 1 amide bonds. The van der Waals surface area contributed by atoms with Crippen LogP contribution in [0.3, 0.4) is 0 Å². The third-order valence-corrected chi connectivity index (χ3v) is 3.03. The quantitative estimate of drug-likeness (QED) is 0.789. The summed E-state index contributed by atoms with van der Waals surface area (Å²) in [7, 11) is 0. The molecule has 5 heteroatoms. The highest BCUT2D eigenvalue weighted by Crippen LogP contribution is 2.29. The normalized spacial score (nSPS) is 14.4. The van der Waals surface area contributed by atoms with Crippen LogP contribution in [0.2, 0.25) is 0 Å². The molecular formula is C15H24N2O3. The number of benzene rings is 1. The third-order valence-electron chi connectivity index (χ3n) is 3.03. The van der Waals surface area contributed by atoms with Gasteiger partial charge in [0.1, 0.15) is 11.4 Å². The van der Waals surface area contributed by atoms with E-state index in [9.17, 15) is 9.90 Å². The van der Waals surface area contributed by atoms with Crippen LogP contribution in [-0.4, -0.2) is 29.9 Å². The van der Waals surface area contributed by atoms with Crippen LogP contribution in [0.5, 0.6) is 5.75 Å². The topological polar surface area (TPSA) is 84.6 Å².